The van der Waals surface area contributed by atoms with Crippen LogP contribution >= 0.6 is 23.2 Å². The lowest BCUT2D eigenvalue weighted by Gasteiger charge is -2.16. The summed E-state index contributed by atoms with van der Waals surface area (Å²) in [6.07, 6.45) is 9.88. The predicted octanol–water partition coefficient (Wildman–Crippen LogP) is 12.6. The van der Waals surface area contributed by atoms with Gasteiger partial charge >= 0.3 is 0 Å². The van der Waals surface area contributed by atoms with Crippen LogP contribution in [0.4, 0.5) is 0 Å². The number of H-pyrrole nitrogens is 3. The first-order valence-corrected chi connectivity index (χ1v) is 22.0. The first-order valence-electron chi connectivity index (χ1n) is 21.3. The molecule has 14 nitrogen and oxygen atoms in total. The van der Waals surface area contributed by atoms with Crippen molar-refractivity contribution in [2.45, 2.75) is 53.8 Å². The van der Waals surface area contributed by atoms with Crippen molar-refractivity contribution in [3.63, 3.8) is 0 Å². The molecule has 0 fully saturated rings. The first kappa shape index (κ1) is 44.8. The van der Waals surface area contributed by atoms with Gasteiger partial charge in [-0.3, -0.25) is 0 Å². The zero-order valence-electron chi connectivity index (χ0n) is 37.6. The van der Waals surface area contributed by atoms with E-state index in [-0.39, 0.29) is 6.10 Å². The van der Waals surface area contributed by atoms with Crippen LogP contribution in [0.3, 0.4) is 0 Å². The number of benzene rings is 2. The van der Waals surface area contributed by atoms with Crippen molar-refractivity contribution in [1.29, 1.82) is 0 Å². The molecule has 0 spiro atoms. The average Bonchev–Trinajstić information content (AvgIpc) is 4.21. The molecule has 0 aliphatic rings. The molecule has 67 heavy (non-hydrogen) atoms. The molecule has 11 rings (SSSR count). The Bertz CT molecular complexity index is 3470. The van der Waals surface area contributed by atoms with Gasteiger partial charge in [-0.05, 0) is 77.9 Å². The Morgan fingerprint density at radius 3 is 1.46 bits per heavy atom. The first-order chi connectivity index (χ1) is 32.4. The number of nitrogens with one attached hydrogen (secondary N) is 3. The molecule has 0 saturated heterocycles. The van der Waals surface area contributed by atoms with Gasteiger partial charge in [0.05, 0.1) is 17.1 Å². The highest BCUT2D eigenvalue weighted by Crippen LogP contribution is 2.38. The normalized spacial score (nSPS) is 12.3. The number of pyridine rings is 3. The van der Waals surface area contributed by atoms with Crippen LogP contribution in [0, 0.1) is 41.5 Å². The molecule has 4 N–H and O–H groups in total. The van der Waals surface area contributed by atoms with Gasteiger partial charge in [0.25, 0.3) is 0 Å². The molecule has 9 aromatic heterocycles. The number of halogens is 2. The zero-order valence-corrected chi connectivity index (χ0v) is 39.1. The quantitative estimate of drug-likeness (QED) is 0.113. The SMILES string of the molecule is COC(c1ccccc1Cl)c1c[nH]c2ncc(-c3c(C)noc3C)cc12.Cc1noc(C)c1-c1cnc2[nH]cc(C(O)c3ccccc3Cl)c2c1.Cc1noc(C)c1-c1cnc2[nH]ccc2c1. The van der Waals surface area contributed by atoms with Gasteiger partial charge in [-0.25, -0.2) is 15.0 Å². The molecule has 0 bridgehead atoms. The van der Waals surface area contributed by atoms with Crippen molar-refractivity contribution in [1.82, 2.24) is 45.4 Å². The standard InChI is InChI=1S/C20H18ClN3O2.C19H16ClN3O2.C12H11N3O/c1-11-18(12(2)26-24-11)13-8-15-16(10-23-20(15)22-9-13)19(25-3)14-6-4-5-7-17(14)21;1-10-17(11(2)25-23-10)12-7-14-15(9-22-19(14)21-8-12)18(24)13-5-3-4-6-16(13)20;1-7-11(8(2)16-15-7)10-5-9-3-4-13-12(9)14-6-10/h4-10,19H,1-3H3,(H,22,23);3-9,18,24H,1-2H3,(H,21,22);3-6H,1-2H3,(H,13,14). The highest BCUT2D eigenvalue weighted by atomic mass is 35.5. The van der Waals surface area contributed by atoms with Gasteiger partial charge in [0.2, 0.25) is 0 Å². The molecule has 0 amide bonds. The minimum absolute atomic E-state index is 0.292. The second kappa shape index (κ2) is 18.9. The van der Waals surface area contributed by atoms with Gasteiger partial charge in [0.15, 0.2) is 0 Å². The topological polar surface area (TPSA) is 194 Å². The van der Waals surface area contributed by atoms with Crippen LogP contribution in [-0.2, 0) is 4.74 Å². The molecular formula is C51H45Cl2N9O5. The third-order valence-corrected chi connectivity index (χ3v) is 12.4. The smallest absolute Gasteiger partial charge is 0.141 e. The summed E-state index contributed by atoms with van der Waals surface area (Å²) in [7, 11) is 1.68. The minimum Gasteiger partial charge on any atom is -0.384 e. The molecule has 338 valence electrons. The largest absolute Gasteiger partial charge is 0.384 e. The Balaban J connectivity index is 0.000000130. The summed E-state index contributed by atoms with van der Waals surface area (Å²) in [4.78, 5) is 22.8. The number of methoxy groups -OCH3 is 1. The van der Waals surface area contributed by atoms with E-state index in [0.717, 1.165) is 112 Å². The van der Waals surface area contributed by atoms with Crippen molar-refractivity contribution in [3.8, 4) is 33.4 Å². The van der Waals surface area contributed by atoms with E-state index >= 15 is 0 Å². The molecule has 0 aliphatic heterocycles. The maximum absolute atomic E-state index is 10.8. The maximum atomic E-state index is 10.8. The number of aromatic nitrogens is 9. The number of fused-ring (bicyclic) bond motifs is 3. The summed E-state index contributed by atoms with van der Waals surface area (Å²) >= 11 is 12.6. The molecule has 9 heterocycles. The van der Waals surface area contributed by atoms with E-state index in [9.17, 15) is 5.11 Å². The Morgan fingerprint density at radius 2 is 0.985 bits per heavy atom. The number of ether oxygens (including phenoxy) is 1. The van der Waals surface area contributed by atoms with E-state index < -0.39 is 6.10 Å². The van der Waals surface area contributed by atoms with Crippen molar-refractivity contribution >= 4 is 56.3 Å². The average molecular weight is 935 g/mol. The third kappa shape index (κ3) is 8.75. The van der Waals surface area contributed by atoms with E-state index in [2.05, 4.69) is 57.5 Å². The van der Waals surface area contributed by atoms with Crippen LogP contribution in [0.1, 0.15) is 68.8 Å². The highest BCUT2D eigenvalue weighted by Gasteiger charge is 2.23. The van der Waals surface area contributed by atoms with Crippen LogP contribution in [-0.4, -0.2) is 57.6 Å². The number of rotatable bonds is 8. The van der Waals surface area contributed by atoms with Gasteiger partial charge in [0.1, 0.15) is 46.4 Å². The Kier molecular flexibility index (Phi) is 12.6. The molecule has 0 aliphatic carbocycles. The van der Waals surface area contributed by atoms with Crippen molar-refractivity contribution in [2.24, 2.45) is 0 Å². The van der Waals surface area contributed by atoms with E-state index in [4.69, 9.17) is 41.5 Å². The van der Waals surface area contributed by atoms with Crippen LogP contribution in [0.2, 0.25) is 10.0 Å². The lowest BCUT2D eigenvalue weighted by atomic mass is 9.99. The lowest BCUT2D eigenvalue weighted by Crippen LogP contribution is -2.03. The molecule has 0 saturated carbocycles. The number of nitrogens with zero attached hydrogens (tertiary/aromatic N) is 6. The van der Waals surface area contributed by atoms with E-state index in [0.29, 0.717) is 21.3 Å². The fourth-order valence-electron chi connectivity index (χ4n) is 8.50. The number of aliphatic hydroxyl groups is 1. The maximum Gasteiger partial charge on any atom is 0.141 e. The second-order valence-electron chi connectivity index (χ2n) is 16.0. The van der Waals surface area contributed by atoms with Gasteiger partial charge < -0.3 is 38.4 Å². The molecule has 2 aromatic carbocycles. The number of hydrogen-bond acceptors (Lipinski definition) is 11. The minimum atomic E-state index is -0.843. The molecule has 2 unspecified atom stereocenters. The van der Waals surface area contributed by atoms with Crippen LogP contribution in [0.15, 0.2) is 124 Å². The van der Waals surface area contributed by atoms with Crippen molar-refractivity contribution < 1.29 is 23.4 Å². The summed E-state index contributed by atoms with van der Waals surface area (Å²) in [5.74, 6) is 2.34. The summed E-state index contributed by atoms with van der Waals surface area (Å²) in [5, 5.41) is 26.9. The summed E-state index contributed by atoms with van der Waals surface area (Å²) in [6.45, 7) is 11.4. The van der Waals surface area contributed by atoms with E-state index in [1.54, 1.807) is 25.6 Å². The lowest BCUT2D eigenvalue weighted by molar-refractivity contribution is 0.137. The van der Waals surface area contributed by atoms with E-state index in [1.165, 1.54) is 0 Å². The Morgan fingerprint density at radius 1 is 0.537 bits per heavy atom. The fourth-order valence-corrected chi connectivity index (χ4v) is 8.97. The fraction of sp³-hybridized carbons (Fsp3) is 0.176. The van der Waals surface area contributed by atoms with Crippen LogP contribution in [0.5, 0.6) is 0 Å². The van der Waals surface area contributed by atoms with Gasteiger partial charge in [0, 0.05) is 126 Å². The number of aromatic amines is 3. The van der Waals surface area contributed by atoms with Gasteiger partial charge in [-0.1, -0.05) is 75.1 Å². The molecule has 2 atom stereocenters. The van der Waals surface area contributed by atoms with Crippen molar-refractivity contribution in [2.75, 3.05) is 7.11 Å². The number of aliphatic hydroxyl groups excluding tert-OH is 1. The summed E-state index contributed by atoms with van der Waals surface area (Å²) in [6, 6.07) is 23.1. The van der Waals surface area contributed by atoms with Crippen molar-refractivity contribution in [3.05, 3.63) is 177 Å². The molecule has 16 heteroatoms. The Labute approximate surface area is 394 Å². The number of hydrogen-bond donors (Lipinski definition) is 4. The monoisotopic (exact) mass is 933 g/mol. The second-order valence-corrected chi connectivity index (χ2v) is 16.8. The molecular weight excluding hydrogens is 890 g/mol. The molecule has 11 aromatic rings. The van der Waals surface area contributed by atoms with E-state index in [1.807, 2.05) is 121 Å². The van der Waals surface area contributed by atoms with Gasteiger partial charge in [-0.2, -0.15) is 0 Å². The predicted molar refractivity (Wildman–Crippen MR) is 259 cm³/mol. The Hall–Kier alpha value is -7.36. The van der Waals surface area contributed by atoms with Crippen LogP contribution < -0.4 is 0 Å². The summed E-state index contributed by atoms with van der Waals surface area (Å²) in [5.41, 5.74) is 14.1. The number of aryl methyl sites for hydroxylation is 6. The third-order valence-electron chi connectivity index (χ3n) is 11.7. The van der Waals surface area contributed by atoms with Crippen LogP contribution in [0.25, 0.3) is 66.5 Å². The highest BCUT2D eigenvalue weighted by molar-refractivity contribution is 6.31. The van der Waals surface area contributed by atoms with Gasteiger partial charge in [-0.15, -0.1) is 0 Å². The zero-order chi connectivity index (χ0) is 46.9. The summed E-state index contributed by atoms with van der Waals surface area (Å²) < 4.78 is 21.5. The molecule has 0 radical (unpaired) electrons.